The number of carbonyl (C=O) groups is 2. The zero-order valence-electron chi connectivity index (χ0n) is 11.7. The summed E-state index contributed by atoms with van der Waals surface area (Å²) in [5, 5.41) is 2.45. The Labute approximate surface area is 128 Å². The molecule has 1 atom stereocenters. The lowest BCUT2D eigenvalue weighted by molar-refractivity contribution is -0.131. The minimum absolute atomic E-state index is 0.0677. The fourth-order valence-corrected chi connectivity index (χ4v) is 3.21. The van der Waals surface area contributed by atoms with Gasteiger partial charge in [-0.05, 0) is 12.1 Å². The maximum atomic E-state index is 12.3. The third-order valence-electron chi connectivity index (χ3n) is 3.12. The van der Waals surface area contributed by atoms with Crippen LogP contribution in [0.2, 0.25) is 0 Å². The van der Waals surface area contributed by atoms with Crippen LogP contribution >= 0.6 is 11.8 Å². The number of hydrogen-bond donors (Lipinski definition) is 1. The summed E-state index contributed by atoms with van der Waals surface area (Å²) < 4.78 is 0. The van der Waals surface area contributed by atoms with E-state index in [2.05, 4.69) is 18.5 Å². The molecule has 110 valence electrons. The molecule has 0 saturated heterocycles. The van der Waals surface area contributed by atoms with Crippen molar-refractivity contribution in [2.75, 3.05) is 18.4 Å². The first kappa shape index (κ1) is 15.4. The number of nitrogens with one attached hydrogen (secondary N) is 1. The Bertz CT molecular complexity index is 561. The fraction of sp³-hybridized carbons (Fsp3) is 0.250. The maximum absolute atomic E-state index is 12.3. The van der Waals surface area contributed by atoms with Gasteiger partial charge in [-0.1, -0.05) is 24.3 Å². The number of nitrogens with zero attached hydrogens (tertiary/aromatic N) is 1. The summed E-state index contributed by atoms with van der Waals surface area (Å²) in [4.78, 5) is 27.0. The number of benzene rings is 1. The fourth-order valence-electron chi connectivity index (χ4n) is 2.10. The van der Waals surface area contributed by atoms with Gasteiger partial charge in [0, 0.05) is 24.4 Å². The second kappa shape index (κ2) is 7.13. The van der Waals surface area contributed by atoms with Gasteiger partial charge in [-0.2, -0.15) is 0 Å². The Morgan fingerprint density at radius 3 is 2.62 bits per heavy atom. The molecule has 0 saturated carbocycles. The molecule has 21 heavy (non-hydrogen) atoms. The van der Waals surface area contributed by atoms with Crippen molar-refractivity contribution in [2.24, 2.45) is 0 Å². The van der Waals surface area contributed by atoms with Gasteiger partial charge in [0.1, 0.15) is 0 Å². The van der Waals surface area contributed by atoms with E-state index in [0.29, 0.717) is 13.1 Å². The van der Waals surface area contributed by atoms with Crippen molar-refractivity contribution in [3.05, 3.63) is 49.6 Å². The molecular formula is C16H18N2O2S. The van der Waals surface area contributed by atoms with Crippen LogP contribution in [0.25, 0.3) is 0 Å². The standard InChI is InChI=1S/C16H18N2O2S/c1-3-9-18(10-4-2)15(19)11-14-16(20)17-12-7-5-6-8-13(12)21-14/h3-8,14H,1-2,9-11H2,(H,17,20)/t14-/m0/s1. The molecule has 0 radical (unpaired) electrons. The SMILES string of the molecule is C=CCN(CC=C)C(=O)C[C@@H]1Sc2ccccc2NC1=O. The molecule has 2 amide bonds. The van der Waals surface area contributed by atoms with Gasteiger partial charge in [0.2, 0.25) is 11.8 Å². The topological polar surface area (TPSA) is 49.4 Å². The first-order chi connectivity index (χ1) is 10.2. The lowest BCUT2D eigenvalue weighted by atomic mass is 10.2. The minimum atomic E-state index is -0.399. The third-order valence-corrected chi connectivity index (χ3v) is 4.39. The van der Waals surface area contributed by atoms with Gasteiger partial charge in [0.05, 0.1) is 10.9 Å². The van der Waals surface area contributed by atoms with Crippen molar-refractivity contribution < 1.29 is 9.59 Å². The minimum Gasteiger partial charge on any atom is -0.335 e. The summed E-state index contributed by atoms with van der Waals surface area (Å²) in [6, 6.07) is 7.60. The van der Waals surface area contributed by atoms with Crippen LogP contribution in [0.1, 0.15) is 6.42 Å². The number of hydrogen-bond acceptors (Lipinski definition) is 3. The van der Waals surface area contributed by atoms with Crippen molar-refractivity contribution in [1.29, 1.82) is 0 Å². The third kappa shape index (κ3) is 3.76. The summed E-state index contributed by atoms with van der Waals surface area (Å²) in [5.41, 5.74) is 0.810. The zero-order valence-corrected chi connectivity index (χ0v) is 12.6. The highest BCUT2D eigenvalue weighted by Crippen LogP contribution is 2.36. The maximum Gasteiger partial charge on any atom is 0.238 e. The van der Waals surface area contributed by atoms with E-state index in [1.165, 1.54) is 11.8 Å². The summed E-state index contributed by atoms with van der Waals surface area (Å²) in [5.74, 6) is -0.189. The molecule has 1 aliphatic heterocycles. The quantitative estimate of drug-likeness (QED) is 0.822. The van der Waals surface area contributed by atoms with Crippen LogP contribution in [0.5, 0.6) is 0 Å². The van der Waals surface area contributed by atoms with Gasteiger partial charge in [-0.15, -0.1) is 24.9 Å². The highest BCUT2D eigenvalue weighted by atomic mass is 32.2. The second-order valence-corrected chi connectivity index (χ2v) is 5.92. The lowest BCUT2D eigenvalue weighted by Gasteiger charge is -2.26. The van der Waals surface area contributed by atoms with Crippen molar-refractivity contribution >= 4 is 29.3 Å². The molecule has 0 fully saturated rings. The number of fused-ring (bicyclic) bond motifs is 1. The molecule has 0 unspecified atom stereocenters. The molecular weight excluding hydrogens is 284 g/mol. The van der Waals surface area contributed by atoms with Crippen molar-refractivity contribution in [1.82, 2.24) is 4.90 Å². The number of rotatable bonds is 6. The van der Waals surface area contributed by atoms with Crippen LogP contribution in [0, 0.1) is 0 Å². The lowest BCUT2D eigenvalue weighted by Crippen LogP contribution is -2.37. The van der Waals surface area contributed by atoms with Gasteiger partial charge >= 0.3 is 0 Å². The smallest absolute Gasteiger partial charge is 0.238 e. The molecule has 1 aromatic carbocycles. The molecule has 1 N–H and O–H groups in total. The molecule has 2 rings (SSSR count). The van der Waals surface area contributed by atoms with E-state index in [1.54, 1.807) is 17.1 Å². The molecule has 0 aliphatic carbocycles. The van der Waals surface area contributed by atoms with Crippen LogP contribution in [0.4, 0.5) is 5.69 Å². The van der Waals surface area contributed by atoms with Gasteiger partial charge in [0.25, 0.3) is 0 Å². The van der Waals surface area contributed by atoms with E-state index in [9.17, 15) is 9.59 Å². The van der Waals surface area contributed by atoms with E-state index < -0.39 is 5.25 Å². The van der Waals surface area contributed by atoms with Crippen LogP contribution < -0.4 is 5.32 Å². The molecule has 1 aliphatic rings. The molecule has 4 nitrogen and oxygen atoms in total. The van der Waals surface area contributed by atoms with Crippen molar-refractivity contribution in [3.8, 4) is 0 Å². The summed E-state index contributed by atoms with van der Waals surface area (Å²) in [6.07, 6.45) is 3.52. The van der Waals surface area contributed by atoms with Crippen LogP contribution in [-0.4, -0.2) is 35.1 Å². The number of anilines is 1. The first-order valence-electron chi connectivity index (χ1n) is 6.71. The summed E-state index contributed by atoms with van der Waals surface area (Å²) in [6.45, 7) is 8.21. The second-order valence-electron chi connectivity index (χ2n) is 4.67. The van der Waals surface area contributed by atoms with E-state index in [-0.39, 0.29) is 18.2 Å². The molecule has 5 heteroatoms. The van der Waals surface area contributed by atoms with Gasteiger partial charge in [-0.25, -0.2) is 0 Å². The van der Waals surface area contributed by atoms with Crippen LogP contribution in [0.15, 0.2) is 54.5 Å². The van der Waals surface area contributed by atoms with Crippen LogP contribution in [-0.2, 0) is 9.59 Å². The Morgan fingerprint density at radius 2 is 1.95 bits per heavy atom. The summed E-state index contributed by atoms with van der Waals surface area (Å²) in [7, 11) is 0. The van der Waals surface area contributed by atoms with E-state index in [4.69, 9.17) is 0 Å². The monoisotopic (exact) mass is 302 g/mol. The van der Waals surface area contributed by atoms with Gasteiger partial charge < -0.3 is 10.2 Å². The average Bonchev–Trinajstić information content (AvgIpc) is 2.47. The van der Waals surface area contributed by atoms with E-state index in [0.717, 1.165) is 10.6 Å². The Hall–Kier alpha value is -2.01. The number of carbonyl (C=O) groups excluding carboxylic acids is 2. The number of thioether (sulfide) groups is 1. The predicted molar refractivity (Wildman–Crippen MR) is 86.3 cm³/mol. The first-order valence-corrected chi connectivity index (χ1v) is 7.59. The van der Waals surface area contributed by atoms with E-state index >= 15 is 0 Å². The molecule has 0 bridgehead atoms. The molecule has 0 spiro atoms. The predicted octanol–water partition coefficient (Wildman–Crippen LogP) is 2.69. The van der Waals surface area contributed by atoms with E-state index in [1.807, 2.05) is 24.3 Å². The summed E-state index contributed by atoms with van der Waals surface area (Å²) >= 11 is 1.44. The highest BCUT2D eigenvalue weighted by Gasteiger charge is 2.29. The van der Waals surface area contributed by atoms with Crippen LogP contribution in [0.3, 0.4) is 0 Å². The number of amides is 2. The average molecular weight is 302 g/mol. The van der Waals surface area contributed by atoms with Crippen molar-refractivity contribution in [2.45, 2.75) is 16.6 Å². The largest absolute Gasteiger partial charge is 0.335 e. The van der Waals surface area contributed by atoms with Gasteiger partial charge in [0.15, 0.2) is 0 Å². The zero-order chi connectivity index (χ0) is 15.2. The Morgan fingerprint density at radius 1 is 1.29 bits per heavy atom. The highest BCUT2D eigenvalue weighted by molar-refractivity contribution is 8.01. The number of para-hydroxylation sites is 1. The molecule has 1 aromatic rings. The normalized spacial score (nSPS) is 16.6. The molecule has 0 aromatic heterocycles. The van der Waals surface area contributed by atoms with Crippen molar-refractivity contribution in [3.63, 3.8) is 0 Å². The van der Waals surface area contributed by atoms with Gasteiger partial charge in [-0.3, -0.25) is 9.59 Å². The Balaban J connectivity index is 2.05. The molecule has 1 heterocycles. The Kier molecular flexibility index (Phi) is 5.22.